The maximum atomic E-state index is 13.7. The highest BCUT2D eigenvalue weighted by Gasteiger charge is 2.05. The van der Waals surface area contributed by atoms with E-state index in [0.29, 0.717) is 5.56 Å². The molecule has 2 rings (SSSR count). The molecule has 0 saturated heterocycles. The second kappa shape index (κ2) is 5.85. The van der Waals surface area contributed by atoms with Crippen molar-refractivity contribution >= 4 is 0 Å². The van der Waals surface area contributed by atoms with Crippen molar-refractivity contribution < 1.29 is 9.13 Å². The number of hydrogen-bond donors (Lipinski definition) is 1. The van der Waals surface area contributed by atoms with E-state index in [1.165, 1.54) is 6.07 Å². The third-order valence-corrected chi connectivity index (χ3v) is 2.81. The third kappa shape index (κ3) is 3.32. The Balaban J connectivity index is 2.33. The van der Waals surface area contributed by atoms with Crippen molar-refractivity contribution in [1.82, 2.24) is 0 Å². The van der Waals surface area contributed by atoms with Crippen molar-refractivity contribution in [3.63, 3.8) is 0 Å². The van der Waals surface area contributed by atoms with Gasteiger partial charge in [-0.25, -0.2) is 4.39 Å². The van der Waals surface area contributed by atoms with Gasteiger partial charge in [0.2, 0.25) is 0 Å². The van der Waals surface area contributed by atoms with E-state index in [2.05, 4.69) is 0 Å². The van der Waals surface area contributed by atoms with Crippen molar-refractivity contribution in [3.8, 4) is 16.9 Å². The Morgan fingerprint density at radius 3 is 2.47 bits per heavy atom. The number of nitrogens with two attached hydrogens (primary N) is 1. The van der Waals surface area contributed by atoms with E-state index >= 15 is 0 Å². The smallest absolute Gasteiger partial charge is 0.128 e. The van der Waals surface area contributed by atoms with Crippen LogP contribution in [0.25, 0.3) is 11.1 Å². The second-order valence-corrected chi connectivity index (χ2v) is 4.70. The van der Waals surface area contributed by atoms with Crippen LogP contribution in [0.3, 0.4) is 0 Å². The minimum atomic E-state index is -0.268. The molecule has 2 aromatic carbocycles. The van der Waals surface area contributed by atoms with E-state index < -0.39 is 0 Å². The second-order valence-electron chi connectivity index (χ2n) is 4.70. The van der Waals surface area contributed by atoms with Crippen molar-refractivity contribution in [2.24, 2.45) is 5.73 Å². The number of rotatable bonds is 4. The topological polar surface area (TPSA) is 35.2 Å². The zero-order chi connectivity index (χ0) is 13.8. The summed E-state index contributed by atoms with van der Waals surface area (Å²) in [6, 6.07) is 12.8. The van der Waals surface area contributed by atoms with Crippen molar-refractivity contribution in [2.45, 2.75) is 26.5 Å². The lowest BCUT2D eigenvalue weighted by Crippen LogP contribution is -2.05. The molecule has 0 radical (unpaired) electrons. The molecule has 3 heteroatoms. The van der Waals surface area contributed by atoms with Gasteiger partial charge in [-0.05, 0) is 43.2 Å². The van der Waals surface area contributed by atoms with Gasteiger partial charge in [0.15, 0.2) is 0 Å². The molecule has 0 aliphatic carbocycles. The monoisotopic (exact) mass is 259 g/mol. The largest absolute Gasteiger partial charge is 0.491 e. The molecule has 0 unspecified atom stereocenters. The van der Waals surface area contributed by atoms with Gasteiger partial charge in [-0.3, -0.25) is 0 Å². The summed E-state index contributed by atoms with van der Waals surface area (Å²) >= 11 is 0. The molecule has 2 N–H and O–H groups in total. The van der Waals surface area contributed by atoms with Crippen LogP contribution in [0.1, 0.15) is 19.4 Å². The predicted molar refractivity (Wildman–Crippen MR) is 75.5 cm³/mol. The molecule has 0 amide bonds. The average Bonchev–Trinajstić information content (AvgIpc) is 2.38. The third-order valence-electron chi connectivity index (χ3n) is 2.81. The van der Waals surface area contributed by atoms with Gasteiger partial charge in [0.05, 0.1) is 6.10 Å². The minimum absolute atomic E-state index is 0.117. The zero-order valence-electron chi connectivity index (χ0n) is 11.2. The Kier molecular flexibility index (Phi) is 4.17. The average molecular weight is 259 g/mol. The normalized spacial score (nSPS) is 10.8. The van der Waals surface area contributed by atoms with E-state index in [0.717, 1.165) is 16.9 Å². The first kappa shape index (κ1) is 13.6. The van der Waals surface area contributed by atoms with Crippen LogP contribution >= 0.6 is 0 Å². The van der Waals surface area contributed by atoms with Crippen LogP contribution in [0.2, 0.25) is 0 Å². The van der Waals surface area contributed by atoms with Gasteiger partial charge in [0.25, 0.3) is 0 Å². The molecule has 0 aliphatic rings. The van der Waals surface area contributed by atoms with Crippen molar-refractivity contribution in [3.05, 3.63) is 53.8 Å². The SMILES string of the molecule is CC(C)Oc1cccc(-c2ccc(CN)c(F)c2)c1. The maximum Gasteiger partial charge on any atom is 0.128 e. The number of ether oxygens (including phenoxy) is 1. The van der Waals surface area contributed by atoms with Gasteiger partial charge in [-0.15, -0.1) is 0 Å². The molecule has 0 aliphatic heterocycles. The fourth-order valence-electron chi connectivity index (χ4n) is 1.91. The molecule has 2 nitrogen and oxygen atoms in total. The Morgan fingerprint density at radius 1 is 1.11 bits per heavy atom. The van der Waals surface area contributed by atoms with Gasteiger partial charge >= 0.3 is 0 Å². The van der Waals surface area contributed by atoms with Gasteiger partial charge in [-0.2, -0.15) is 0 Å². The summed E-state index contributed by atoms with van der Waals surface area (Å²) in [5.41, 5.74) is 7.74. The standard InChI is InChI=1S/C16H18FNO/c1-11(2)19-15-5-3-4-12(8-15)13-6-7-14(10-18)16(17)9-13/h3-9,11H,10,18H2,1-2H3. The Morgan fingerprint density at radius 2 is 1.84 bits per heavy atom. The molecule has 0 heterocycles. The summed E-state index contributed by atoms with van der Waals surface area (Å²) in [5, 5.41) is 0. The lowest BCUT2D eigenvalue weighted by atomic mass is 10.0. The van der Waals surface area contributed by atoms with Crippen LogP contribution in [0.5, 0.6) is 5.75 Å². The maximum absolute atomic E-state index is 13.7. The molecule has 0 atom stereocenters. The summed E-state index contributed by atoms with van der Waals surface area (Å²) in [7, 11) is 0. The fraction of sp³-hybridized carbons (Fsp3) is 0.250. The van der Waals surface area contributed by atoms with Gasteiger partial charge < -0.3 is 10.5 Å². The highest BCUT2D eigenvalue weighted by Crippen LogP contribution is 2.26. The Hall–Kier alpha value is -1.87. The van der Waals surface area contributed by atoms with Crippen LogP contribution in [-0.4, -0.2) is 6.10 Å². The van der Waals surface area contributed by atoms with E-state index in [4.69, 9.17) is 10.5 Å². The molecular weight excluding hydrogens is 241 g/mol. The molecule has 100 valence electrons. The summed E-state index contributed by atoms with van der Waals surface area (Å²) in [5.74, 6) is 0.519. The molecular formula is C16H18FNO. The molecule has 0 aromatic heterocycles. The number of hydrogen-bond acceptors (Lipinski definition) is 2. The van der Waals surface area contributed by atoms with Crippen LogP contribution in [0.15, 0.2) is 42.5 Å². The summed E-state index contributed by atoms with van der Waals surface area (Å²) in [6.45, 7) is 4.16. The number of halogens is 1. The van der Waals surface area contributed by atoms with Crippen LogP contribution in [0, 0.1) is 5.82 Å². The molecule has 2 aromatic rings. The quantitative estimate of drug-likeness (QED) is 0.907. The Bertz CT molecular complexity index is 566. The highest BCUT2D eigenvalue weighted by molar-refractivity contribution is 5.65. The number of benzene rings is 2. The first-order valence-corrected chi connectivity index (χ1v) is 6.35. The fourth-order valence-corrected chi connectivity index (χ4v) is 1.91. The summed E-state index contributed by atoms with van der Waals surface area (Å²) in [4.78, 5) is 0. The van der Waals surface area contributed by atoms with Crippen LogP contribution in [-0.2, 0) is 6.54 Å². The van der Waals surface area contributed by atoms with Crippen molar-refractivity contribution in [1.29, 1.82) is 0 Å². The minimum Gasteiger partial charge on any atom is -0.491 e. The molecule has 19 heavy (non-hydrogen) atoms. The summed E-state index contributed by atoms with van der Waals surface area (Å²) in [6.07, 6.45) is 0.117. The van der Waals surface area contributed by atoms with Crippen LogP contribution < -0.4 is 10.5 Å². The van der Waals surface area contributed by atoms with E-state index in [9.17, 15) is 4.39 Å². The van der Waals surface area contributed by atoms with Gasteiger partial charge in [0, 0.05) is 12.1 Å². The van der Waals surface area contributed by atoms with Crippen LogP contribution in [0.4, 0.5) is 4.39 Å². The highest BCUT2D eigenvalue weighted by atomic mass is 19.1. The summed E-state index contributed by atoms with van der Waals surface area (Å²) < 4.78 is 19.4. The lowest BCUT2D eigenvalue weighted by Gasteiger charge is -2.11. The molecule has 0 saturated carbocycles. The molecule has 0 spiro atoms. The molecule has 0 fully saturated rings. The Labute approximate surface area is 113 Å². The van der Waals surface area contributed by atoms with E-state index in [1.807, 2.05) is 44.2 Å². The van der Waals surface area contributed by atoms with Gasteiger partial charge in [0.1, 0.15) is 11.6 Å². The zero-order valence-corrected chi connectivity index (χ0v) is 11.2. The first-order chi connectivity index (χ1) is 9.10. The lowest BCUT2D eigenvalue weighted by molar-refractivity contribution is 0.242. The van der Waals surface area contributed by atoms with E-state index in [1.54, 1.807) is 6.07 Å². The van der Waals surface area contributed by atoms with Crippen molar-refractivity contribution in [2.75, 3.05) is 0 Å². The van der Waals surface area contributed by atoms with Gasteiger partial charge in [-0.1, -0.05) is 24.3 Å². The molecule has 0 bridgehead atoms. The first-order valence-electron chi connectivity index (χ1n) is 6.35. The predicted octanol–water partition coefficient (Wildman–Crippen LogP) is 3.74. The van der Waals surface area contributed by atoms with E-state index in [-0.39, 0.29) is 18.5 Å².